The average molecular weight is 215 g/mol. The Morgan fingerprint density at radius 3 is 2.50 bits per heavy atom. The molecule has 0 saturated heterocycles. The van der Waals surface area contributed by atoms with Crippen molar-refractivity contribution in [1.29, 1.82) is 0 Å². The van der Waals surface area contributed by atoms with Crippen LogP contribution in [0, 0.1) is 5.92 Å². The molecule has 1 heterocycles. The number of hydrogen-bond donors (Lipinski definition) is 0. The van der Waals surface area contributed by atoms with E-state index in [1.54, 1.807) is 0 Å². The zero-order valence-corrected chi connectivity index (χ0v) is 9.86. The topological polar surface area (TPSA) is 20.3 Å². The van der Waals surface area contributed by atoms with Crippen molar-refractivity contribution in [2.24, 2.45) is 5.92 Å². The van der Waals surface area contributed by atoms with Gasteiger partial charge < -0.3 is 4.90 Å². The van der Waals surface area contributed by atoms with E-state index in [4.69, 9.17) is 0 Å². The average Bonchev–Trinajstić information content (AvgIpc) is 3.01. The van der Waals surface area contributed by atoms with Crippen molar-refractivity contribution in [3.05, 3.63) is 35.4 Å². The minimum absolute atomic E-state index is 0.163. The number of carbonyl (C=O) groups is 1. The van der Waals surface area contributed by atoms with Crippen molar-refractivity contribution in [2.45, 2.75) is 38.8 Å². The minimum Gasteiger partial charge on any atom is -0.328 e. The molecule has 2 aliphatic rings. The van der Waals surface area contributed by atoms with Crippen LogP contribution >= 0.6 is 0 Å². The summed E-state index contributed by atoms with van der Waals surface area (Å²) in [6.45, 7) is 5.26. The second kappa shape index (κ2) is 3.09. The van der Waals surface area contributed by atoms with Crippen LogP contribution in [0.2, 0.25) is 0 Å². The Bertz CT molecular complexity index is 446. The van der Waals surface area contributed by atoms with Crippen molar-refractivity contribution in [3.8, 4) is 0 Å². The Hall–Kier alpha value is -1.31. The Morgan fingerprint density at radius 1 is 1.25 bits per heavy atom. The van der Waals surface area contributed by atoms with Crippen molar-refractivity contribution in [2.75, 3.05) is 0 Å². The molecule has 1 aromatic rings. The summed E-state index contributed by atoms with van der Waals surface area (Å²) in [5.74, 6) is 0.799. The first-order valence-electron chi connectivity index (χ1n) is 6.05. The molecule has 1 aromatic carbocycles. The highest BCUT2D eigenvalue weighted by atomic mass is 16.2. The van der Waals surface area contributed by atoms with Gasteiger partial charge in [-0.15, -0.1) is 0 Å². The van der Waals surface area contributed by atoms with Crippen LogP contribution in [-0.2, 0) is 6.54 Å². The standard InChI is InChI=1S/C14H17NO/c1-10(2)14(7-8-14)15-9-11-5-3-4-6-12(11)13(15)16/h3-6,10H,7-9H2,1-2H3. The second-order valence-electron chi connectivity index (χ2n) is 5.31. The molecule has 1 aliphatic carbocycles. The third-order valence-corrected chi connectivity index (χ3v) is 4.20. The molecule has 84 valence electrons. The van der Waals surface area contributed by atoms with Gasteiger partial charge in [-0.1, -0.05) is 32.0 Å². The van der Waals surface area contributed by atoms with Crippen LogP contribution in [-0.4, -0.2) is 16.3 Å². The summed E-state index contributed by atoms with van der Waals surface area (Å²) in [6.07, 6.45) is 2.34. The highest BCUT2D eigenvalue weighted by molar-refractivity contribution is 5.99. The molecule has 0 N–H and O–H groups in total. The van der Waals surface area contributed by atoms with Crippen molar-refractivity contribution in [3.63, 3.8) is 0 Å². The Labute approximate surface area is 96.3 Å². The van der Waals surface area contributed by atoms with Gasteiger partial charge in [-0.3, -0.25) is 4.79 Å². The van der Waals surface area contributed by atoms with Gasteiger partial charge in [-0.05, 0) is 30.4 Å². The molecule has 1 saturated carbocycles. The molecule has 0 unspecified atom stereocenters. The fourth-order valence-electron chi connectivity index (χ4n) is 2.90. The lowest BCUT2D eigenvalue weighted by molar-refractivity contribution is 0.0609. The first-order valence-corrected chi connectivity index (χ1v) is 6.05. The summed E-state index contributed by atoms with van der Waals surface area (Å²) in [5.41, 5.74) is 2.27. The molecule has 0 atom stereocenters. The van der Waals surface area contributed by atoms with Crippen LogP contribution in [0.25, 0.3) is 0 Å². The van der Waals surface area contributed by atoms with Crippen LogP contribution < -0.4 is 0 Å². The third-order valence-electron chi connectivity index (χ3n) is 4.20. The maximum Gasteiger partial charge on any atom is 0.254 e. The number of hydrogen-bond acceptors (Lipinski definition) is 1. The van der Waals surface area contributed by atoms with E-state index in [-0.39, 0.29) is 11.4 Å². The lowest BCUT2D eigenvalue weighted by Gasteiger charge is -2.31. The summed E-state index contributed by atoms with van der Waals surface area (Å²) in [5, 5.41) is 0. The predicted octanol–water partition coefficient (Wildman–Crippen LogP) is 2.83. The predicted molar refractivity (Wildman–Crippen MR) is 63.1 cm³/mol. The number of rotatable bonds is 2. The number of amides is 1. The smallest absolute Gasteiger partial charge is 0.254 e. The first-order chi connectivity index (χ1) is 7.65. The molecule has 1 amide bonds. The van der Waals surface area contributed by atoms with E-state index in [1.807, 2.05) is 18.2 Å². The second-order valence-corrected chi connectivity index (χ2v) is 5.31. The van der Waals surface area contributed by atoms with Gasteiger partial charge in [0, 0.05) is 17.6 Å². The third kappa shape index (κ3) is 1.16. The summed E-state index contributed by atoms with van der Waals surface area (Å²) < 4.78 is 0. The van der Waals surface area contributed by atoms with Crippen LogP contribution in [0.3, 0.4) is 0 Å². The van der Waals surface area contributed by atoms with Crippen LogP contribution in [0.5, 0.6) is 0 Å². The molecule has 0 spiro atoms. The van der Waals surface area contributed by atoms with E-state index in [1.165, 1.54) is 18.4 Å². The monoisotopic (exact) mass is 215 g/mol. The fourth-order valence-corrected chi connectivity index (χ4v) is 2.90. The van der Waals surface area contributed by atoms with Gasteiger partial charge in [0.15, 0.2) is 0 Å². The van der Waals surface area contributed by atoms with Crippen molar-refractivity contribution >= 4 is 5.91 Å². The molecule has 0 aromatic heterocycles. The molecule has 2 nitrogen and oxygen atoms in total. The van der Waals surface area contributed by atoms with Crippen LogP contribution in [0.1, 0.15) is 42.6 Å². The van der Waals surface area contributed by atoms with E-state index in [0.717, 1.165) is 12.1 Å². The minimum atomic E-state index is 0.163. The van der Waals surface area contributed by atoms with Gasteiger partial charge in [0.25, 0.3) is 5.91 Å². The normalized spacial score (nSPS) is 21.4. The number of nitrogens with zero attached hydrogens (tertiary/aromatic N) is 1. The molecule has 0 bridgehead atoms. The van der Waals surface area contributed by atoms with Gasteiger partial charge in [-0.2, -0.15) is 0 Å². The number of benzene rings is 1. The molecular formula is C14H17NO. The van der Waals surface area contributed by atoms with Crippen molar-refractivity contribution in [1.82, 2.24) is 4.90 Å². The van der Waals surface area contributed by atoms with Crippen LogP contribution in [0.15, 0.2) is 24.3 Å². The molecule has 2 heteroatoms. The maximum absolute atomic E-state index is 12.3. The van der Waals surface area contributed by atoms with E-state index in [2.05, 4.69) is 24.8 Å². The SMILES string of the molecule is CC(C)C1(N2Cc3ccccc3C2=O)CC1. The maximum atomic E-state index is 12.3. The van der Waals surface area contributed by atoms with E-state index in [9.17, 15) is 4.79 Å². The lowest BCUT2D eigenvalue weighted by atomic mass is 10.00. The Morgan fingerprint density at radius 2 is 1.94 bits per heavy atom. The Kier molecular flexibility index (Phi) is 1.91. The zero-order valence-electron chi connectivity index (χ0n) is 9.86. The summed E-state index contributed by atoms with van der Waals surface area (Å²) in [7, 11) is 0. The molecule has 0 radical (unpaired) electrons. The van der Waals surface area contributed by atoms with E-state index < -0.39 is 0 Å². The highest BCUT2D eigenvalue weighted by Gasteiger charge is 2.54. The quantitative estimate of drug-likeness (QED) is 0.743. The van der Waals surface area contributed by atoms with Crippen molar-refractivity contribution < 1.29 is 4.79 Å². The zero-order chi connectivity index (χ0) is 11.3. The molecule has 16 heavy (non-hydrogen) atoms. The fraction of sp³-hybridized carbons (Fsp3) is 0.500. The largest absolute Gasteiger partial charge is 0.328 e. The van der Waals surface area contributed by atoms with Crippen LogP contribution in [0.4, 0.5) is 0 Å². The molecule has 1 aliphatic heterocycles. The summed E-state index contributed by atoms with van der Waals surface area (Å²) in [4.78, 5) is 14.4. The molecular weight excluding hydrogens is 198 g/mol. The first kappa shape index (κ1) is 9.88. The summed E-state index contributed by atoms with van der Waals surface area (Å²) >= 11 is 0. The van der Waals surface area contributed by atoms with Gasteiger partial charge in [0.05, 0.1) is 0 Å². The van der Waals surface area contributed by atoms with E-state index in [0.29, 0.717) is 5.92 Å². The lowest BCUT2D eigenvalue weighted by Crippen LogP contribution is -2.41. The van der Waals surface area contributed by atoms with Gasteiger partial charge in [0.2, 0.25) is 0 Å². The number of carbonyl (C=O) groups excluding carboxylic acids is 1. The highest BCUT2D eigenvalue weighted by Crippen LogP contribution is 2.50. The van der Waals surface area contributed by atoms with Gasteiger partial charge >= 0.3 is 0 Å². The Balaban J connectivity index is 1.96. The molecule has 3 rings (SSSR count). The number of fused-ring (bicyclic) bond motifs is 1. The van der Waals surface area contributed by atoms with E-state index >= 15 is 0 Å². The summed E-state index contributed by atoms with van der Waals surface area (Å²) in [6, 6.07) is 8.00. The molecule has 1 fully saturated rings. The van der Waals surface area contributed by atoms with Gasteiger partial charge in [0.1, 0.15) is 0 Å². The van der Waals surface area contributed by atoms with Gasteiger partial charge in [-0.25, -0.2) is 0 Å².